The number of hydrogen-bond donors (Lipinski definition) is 1. The number of rotatable bonds is 7. The molecule has 0 aromatic heterocycles. The van der Waals surface area contributed by atoms with Gasteiger partial charge in [-0.15, -0.1) is 0 Å². The summed E-state index contributed by atoms with van der Waals surface area (Å²) in [5, 5.41) is 2.59. The first-order valence-electron chi connectivity index (χ1n) is 10.1. The molecular weight excluding hydrogens is 412 g/mol. The number of methoxy groups -OCH3 is 1. The van der Waals surface area contributed by atoms with E-state index in [1.54, 1.807) is 0 Å². The molecule has 1 heterocycles. The summed E-state index contributed by atoms with van der Waals surface area (Å²) in [6.07, 6.45) is 4.68. The smallest absolute Gasteiger partial charge is 0.309 e. The van der Waals surface area contributed by atoms with Gasteiger partial charge in [0.15, 0.2) is 6.61 Å². The molecule has 1 amide bonds. The van der Waals surface area contributed by atoms with Crippen LogP contribution in [0.5, 0.6) is 5.75 Å². The zero-order valence-corrected chi connectivity index (χ0v) is 17.9. The van der Waals surface area contributed by atoms with Crippen LogP contribution >= 0.6 is 0 Å². The molecule has 1 aromatic carbocycles. The van der Waals surface area contributed by atoms with Gasteiger partial charge in [-0.3, -0.25) is 9.59 Å². The summed E-state index contributed by atoms with van der Waals surface area (Å²) >= 11 is 0. The Labute approximate surface area is 176 Å². The highest BCUT2D eigenvalue weighted by Crippen LogP contribution is 2.29. The van der Waals surface area contributed by atoms with Crippen LogP contribution in [0.4, 0.5) is 5.69 Å². The van der Waals surface area contributed by atoms with Crippen LogP contribution in [-0.4, -0.2) is 64.6 Å². The molecule has 10 heteroatoms. The van der Waals surface area contributed by atoms with Crippen molar-refractivity contribution in [3.05, 3.63) is 18.2 Å². The number of ether oxygens (including phenoxy) is 3. The van der Waals surface area contributed by atoms with E-state index < -0.39 is 22.5 Å². The second-order valence-electron chi connectivity index (χ2n) is 7.37. The summed E-state index contributed by atoms with van der Waals surface area (Å²) in [6.45, 7) is 0.788. The first-order chi connectivity index (χ1) is 14.4. The third-order valence-corrected chi connectivity index (χ3v) is 7.23. The number of hydrogen-bond acceptors (Lipinski definition) is 7. The van der Waals surface area contributed by atoms with Gasteiger partial charge in [0.1, 0.15) is 5.75 Å². The summed E-state index contributed by atoms with van der Waals surface area (Å²) < 4.78 is 42.7. The highest BCUT2D eigenvalue weighted by molar-refractivity contribution is 7.89. The molecule has 166 valence electrons. The van der Waals surface area contributed by atoms with E-state index in [0.717, 1.165) is 32.1 Å². The molecule has 0 bridgehead atoms. The van der Waals surface area contributed by atoms with Crippen molar-refractivity contribution < 1.29 is 32.2 Å². The minimum absolute atomic E-state index is 0.0414. The third kappa shape index (κ3) is 5.50. The molecule has 2 fully saturated rings. The van der Waals surface area contributed by atoms with Gasteiger partial charge >= 0.3 is 5.97 Å². The van der Waals surface area contributed by atoms with Gasteiger partial charge in [-0.1, -0.05) is 19.3 Å². The Balaban J connectivity index is 1.66. The average Bonchev–Trinajstić information content (AvgIpc) is 2.78. The van der Waals surface area contributed by atoms with E-state index in [0.29, 0.717) is 19.0 Å². The zero-order valence-electron chi connectivity index (χ0n) is 17.1. The molecule has 1 N–H and O–H groups in total. The normalized spacial score (nSPS) is 18.6. The molecule has 0 radical (unpaired) electrons. The Hall–Kier alpha value is -2.17. The zero-order chi connectivity index (χ0) is 21.6. The largest absolute Gasteiger partial charge is 0.495 e. The Bertz CT molecular complexity index is 860. The molecule has 3 rings (SSSR count). The van der Waals surface area contributed by atoms with E-state index in [-0.39, 0.29) is 35.6 Å². The summed E-state index contributed by atoms with van der Waals surface area (Å²) in [5.74, 6) is -0.759. The lowest BCUT2D eigenvalue weighted by Crippen LogP contribution is -2.40. The summed E-state index contributed by atoms with van der Waals surface area (Å²) in [6, 6.07) is 4.27. The van der Waals surface area contributed by atoms with Gasteiger partial charge in [0.2, 0.25) is 10.0 Å². The van der Waals surface area contributed by atoms with Crippen LogP contribution in [-0.2, 0) is 29.1 Å². The van der Waals surface area contributed by atoms with Gasteiger partial charge in [0.25, 0.3) is 5.91 Å². The highest BCUT2D eigenvalue weighted by atomic mass is 32.2. The molecule has 2 aliphatic rings. The van der Waals surface area contributed by atoms with Crippen LogP contribution in [0.1, 0.15) is 32.1 Å². The highest BCUT2D eigenvalue weighted by Gasteiger charge is 2.28. The molecule has 0 atom stereocenters. The maximum Gasteiger partial charge on any atom is 0.309 e. The second-order valence-corrected chi connectivity index (χ2v) is 9.31. The number of esters is 1. The fourth-order valence-corrected chi connectivity index (χ4v) is 5.10. The number of benzene rings is 1. The maximum atomic E-state index is 12.9. The minimum Gasteiger partial charge on any atom is -0.495 e. The first-order valence-corrected chi connectivity index (χ1v) is 11.6. The van der Waals surface area contributed by atoms with Crippen LogP contribution in [0.25, 0.3) is 0 Å². The molecule has 1 saturated carbocycles. The third-order valence-electron chi connectivity index (χ3n) is 5.34. The van der Waals surface area contributed by atoms with Crippen molar-refractivity contribution >= 4 is 27.6 Å². The van der Waals surface area contributed by atoms with Gasteiger partial charge in [-0.05, 0) is 31.0 Å². The van der Waals surface area contributed by atoms with Gasteiger partial charge in [0.05, 0.1) is 36.8 Å². The number of morpholine rings is 1. The van der Waals surface area contributed by atoms with Crippen molar-refractivity contribution in [2.45, 2.75) is 37.0 Å². The quantitative estimate of drug-likeness (QED) is 0.643. The monoisotopic (exact) mass is 440 g/mol. The number of nitrogens with zero attached hydrogens (tertiary/aromatic N) is 1. The lowest BCUT2D eigenvalue weighted by Gasteiger charge is -2.26. The van der Waals surface area contributed by atoms with Crippen LogP contribution in [0.3, 0.4) is 0 Å². The van der Waals surface area contributed by atoms with E-state index in [4.69, 9.17) is 14.2 Å². The topological polar surface area (TPSA) is 111 Å². The predicted octanol–water partition coefficient (Wildman–Crippen LogP) is 1.78. The Morgan fingerprint density at radius 3 is 2.53 bits per heavy atom. The SMILES string of the molecule is COc1ccc(S(=O)(=O)N2CCOCC2)cc1NC(=O)COC(=O)C1CCCCC1. The number of carbonyl (C=O) groups is 2. The number of carbonyl (C=O) groups excluding carboxylic acids is 2. The minimum atomic E-state index is -3.72. The van der Waals surface area contributed by atoms with Crippen molar-refractivity contribution in [3.8, 4) is 5.75 Å². The Morgan fingerprint density at radius 1 is 1.17 bits per heavy atom. The molecule has 1 saturated heterocycles. The summed E-state index contributed by atoms with van der Waals surface area (Å²) in [7, 11) is -2.30. The van der Waals surface area contributed by atoms with Gasteiger partial charge in [0, 0.05) is 13.1 Å². The molecule has 30 heavy (non-hydrogen) atoms. The van der Waals surface area contributed by atoms with Crippen molar-refractivity contribution in [2.75, 3.05) is 45.3 Å². The van der Waals surface area contributed by atoms with Crippen LogP contribution < -0.4 is 10.1 Å². The number of nitrogens with one attached hydrogen (secondary N) is 1. The molecular formula is C20H28N2O7S. The van der Waals surface area contributed by atoms with Crippen LogP contribution in [0.2, 0.25) is 0 Å². The van der Waals surface area contributed by atoms with Gasteiger partial charge in [-0.2, -0.15) is 4.31 Å². The first kappa shape index (κ1) is 22.5. The van der Waals surface area contributed by atoms with E-state index in [9.17, 15) is 18.0 Å². The lowest BCUT2D eigenvalue weighted by molar-refractivity contribution is -0.152. The van der Waals surface area contributed by atoms with Crippen LogP contribution in [0.15, 0.2) is 23.1 Å². The fourth-order valence-electron chi connectivity index (χ4n) is 3.66. The lowest BCUT2D eigenvalue weighted by atomic mass is 9.89. The molecule has 0 unspecified atom stereocenters. The maximum absolute atomic E-state index is 12.9. The van der Waals surface area contributed by atoms with Crippen molar-refractivity contribution in [1.82, 2.24) is 4.31 Å². The number of sulfonamides is 1. The molecule has 1 aromatic rings. The van der Waals surface area contributed by atoms with Gasteiger partial charge < -0.3 is 19.5 Å². The van der Waals surface area contributed by atoms with E-state index in [1.807, 2.05) is 0 Å². The van der Waals surface area contributed by atoms with Gasteiger partial charge in [-0.25, -0.2) is 8.42 Å². The molecule has 9 nitrogen and oxygen atoms in total. The van der Waals surface area contributed by atoms with Crippen molar-refractivity contribution in [1.29, 1.82) is 0 Å². The Morgan fingerprint density at radius 2 is 1.87 bits per heavy atom. The predicted molar refractivity (Wildman–Crippen MR) is 109 cm³/mol. The molecule has 0 spiro atoms. The van der Waals surface area contributed by atoms with Crippen molar-refractivity contribution in [3.63, 3.8) is 0 Å². The standard InChI is InChI=1S/C20H28N2O7S/c1-27-18-8-7-16(30(25,26)22-9-11-28-12-10-22)13-17(18)21-19(23)14-29-20(24)15-5-3-2-4-6-15/h7-8,13,15H,2-6,9-12,14H2,1H3,(H,21,23). The second kappa shape index (κ2) is 10.2. The fraction of sp³-hybridized carbons (Fsp3) is 0.600. The average molecular weight is 441 g/mol. The number of amides is 1. The van der Waals surface area contributed by atoms with E-state index in [1.165, 1.54) is 29.6 Å². The molecule has 1 aliphatic heterocycles. The van der Waals surface area contributed by atoms with Crippen molar-refractivity contribution in [2.24, 2.45) is 5.92 Å². The van der Waals surface area contributed by atoms with E-state index >= 15 is 0 Å². The van der Waals surface area contributed by atoms with E-state index in [2.05, 4.69) is 5.32 Å². The molecule has 1 aliphatic carbocycles. The van der Waals surface area contributed by atoms with Crippen LogP contribution in [0, 0.1) is 5.92 Å². The summed E-state index contributed by atoms with van der Waals surface area (Å²) in [5.41, 5.74) is 0.200. The summed E-state index contributed by atoms with van der Waals surface area (Å²) in [4.78, 5) is 24.5. The number of anilines is 1. The Kier molecular flexibility index (Phi) is 7.68.